The minimum absolute atomic E-state index is 0. The molecule has 0 fully saturated rings. The van der Waals surface area contributed by atoms with E-state index >= 15 is 0 Å². The average Bonchev–Trinajstić information content (AvgIpc) is 2.52. The zero-order chi connectivity index (χ0) is 9.84. The number of nitrogens with two attached hydrogens (primary N) is 1. The van der Waals surface area contributed by atoms with Gasteiger partial charge in [0, 0.05) is 11.8 Å². The Kier molecular flexibility index (Phi) is 6.15. The molecule has 0 spiro atoms. The minimum atomic E-state index is -0.342. The van der Waals surface area contributed by atoms with Crippen molar-refractivity contribution in [3.05, 3.63) is 0 Å². The van der Waals surface area contributed by atoms with E-state index in [9.17, 15) is 4.79 Å². The number of thioether (sulfide) groups is 1. The van der Waals surface area contributed by atoms with Crippen LogP contribution < -0.4 is 5.73 Å². The first-order chi connectivity index (χ1) is 6.15. The molecule has 1 rings (SSSR count). The Bertz CT molecular complexity index is 233. The van der Waals surface area contributed by atoms with Gasteiger partial charge in [-0.2, -0.15) is 0 Å². The third-order valence-electron chi connectivity index (χ3n) is 1.62. The van der Waals surface area contributed by atoms with E-state index in [1.165, 1.54) is 11.8 Å². The van der Waals surface area contributed by atoms with E-state index in [1.54, 1.807) is 6.92 Å². The normalized spacial score (nSPS) is 22.2. The van der Waals surface area contributed by atoms with Gasteiger partial charge in [0.2, 0.25) is 0 Å². The first-order valence-electron chi connectivity index (χ1n) is 4.27. The fourth-order valence-electron chi connectivity index (χ4n) is 1.00. The van der Waals surface area contributed by atoms with Gasteiger partial charge in [-0.3, -0.25) is 4.99 Å². The highest BCUT2D eigenvalue weighted by Gasteiger charge is 2.27. The van der Waals surface area contributed by atoms with Gasteiger partial charge in [-0.25, -0.2) is 4.79 Å². The third-order valence-corrected chi connectivity index (χ3v) is 2.88. The van der Waals surface area contributed by atoms with E-state index in [2.05, 4.69) is 4.99 Å². The molecule has 1 heterocycles. The van der Waals surface area contributed by atoms with Gasteiger partial charge in [0.15, 0.2) is 6.04 Å². The molecule has 0 aromatic heterocycles. The number of rotatable bonds is 3. The summed E-state index contributed by atoms with van der Waals surface area (Å²) in [6.07, 6.45) is 0. The van der Waals surface area contributed by atoms with Crippen LogP contribution >= 0.6 is 24.2 Å². The van der Waals surface area contributed by atoms with Gasteiger partial charge >= 0.3 is 5.97 Å². The number of hydrogen-bond donors (Lipinski definition) is 1. The number of aliphatic imine (C=N–C) groups is 1. The van der Waals surface area contributed by atoms with Gasteiger partial charge in [0.1, 0.15) is 0 Å². The summed E-state index contributed by atoms with van der Waals surface area (Å²) in [4.78, 5) is 15.4. The highest BCUT2D eigenvalue weighted by molar-refractivity contribution is 8.14. The van der Waals surface area contributed by atoms with Crippen molar-refractivity contribution in [2.45, 2.75) is 25.9 Å². The van der Waals surface area contributed by atoms with Crippen LogP contribution in [0.25, 0.3) is 0 Å². The lowest BCUT2D eigenvalue weighted by Gasteiger charge is -2.04. The van der Waals surface area contributed by atoms with Gasteiger partial charge in [-0.1, -0.05) is 0 Å². The van der Waals surface area contributed by atoms with Crippen molar-refractivity contribution in [1.82, 2.24) is 0 Å². The van der Waals surface area contributed by atoms with Crippen molar-refractivity contribution in [1.29, 1.82) is 0 Å². The molecular formula is C8H15ClN2O2S. The Hall–Kier alpha value is -0.260. The largest absolute Gasteiger partial charge is 0.464 e. The number of carbonyl (C=O) groups is 1. The summed E-state index contributed by atoms with van der Waals surface area (Å²) >= 11 is 1.54. The topological polar surface area (TPSA) is 64.7 Å². The lowest BCUT2D eigenvalue weighted by Crippen LogP contribution is -2.24. The van der Waals surface area contributed by atoms with Crippen LogP contribution in [-0.4, -0.2) is 35.5 Å². The van der Waals surface area contributed by atoms with Crippen molar-refractivity contribution in [3.8, 4) is 0 Å². The number of halogens is 1. The standard InChI is InChI=1S/C8H14N2O2S.ClH/c1-3-12-8(11)6-4-13-7(10-6)5(2)9;/h5-6H,3-4,9H2,1-2H3;1H/t5?,6-;/m1./s1. The monoisotopic (exact) mass is 238 g/mol. The van der Waals surface area contributed by atoms with E-state index in [0.717, 1.165) is 5.04 Å². The van der Waals surface area contributed by atoms with Crippen molar-refractivity contribution in [3.63, 3.8) is 0 Å². The molecular weight excluding hydrogens is 224 g/mol. The molecule has 0 saturated carbocycles. The molecule has 0 aromatic rings. The van der Waals surface area contributed by atoms with Gasteiger partial charge in [-0.05, 0) is 13.8 Å². The van der Waals surface area contributed by atoms with E-state index in [0.29, 0.717) is 12.4 Å². The lowest BCUT2D eigenvalue weighted by molar-refractivity contribution is -0.143. The molecule has 0 bridgehead atoms. The smallest absolute Gasteiger partial charge is 0.331 e. The molecule has 2 atom stereocenters. The second-order valence-electron chi connectivity index (χ2n) is 2.83. The summed E-state index contributed by atoms with van der Waals surface area (Å²) in [7, 11) is 0. The highest BCUT2D eigenvalue weighted by atomic mass is 35.5. The molecule has 0 saturated heterocycles. The second kappa shape index (κ2) is 6.27. The molecule has 2 N–H and O–H groups in total. The maximum Gasteiger partial charge on any atom is 0.331 e. The Morgan fingerprint density at radius 1 is 1.86 bits per heavy atom. The molecule has 1 aliphatic heterocycles. The average molecular weight is 239 g/mol. The number of ether oxygens (including phenoxy) is 1. The van der Waals surface area contributed by atoms with Crippen LogP contribution in [0.1, 0.15) is 13.8 Å². The third kappa shape index (κ3) is 3.48. The van der Waals surface area contributed by atoms with Gasteiger partial charge in [0.05, 0.1) is 11.7 Å². The maximum absolute atomic E-state index is 11.2. The van der Waals surface area contributed by atoms with Crippen molar-refractivity contribution < 1.29 is 9.53 Å². The number of esters is 1. The summed E-state index contributed by atoms with van der Waals surface area (Å²) in [5.74, 6) is 0.418. The highest BCUT2D eigenvalue weighted by Crippen LogP contribution is 2.20. The predicted molar refractivity (Wildman–Crippen MR) is 61.2 cm³/mol. The van der Waals surface area contributed by atoms with E-state index < -0.39 is 0 Å². The summed E-state index contributed by atoms with van der Waals surface area (Å²) in [6, 6.07) is -0.421. The van der Waals surface area contributed by atoms with Crippen LogP contribution in [-0.2, 0) is 9.53 Å². The van der Waals surface area contributed by atoms with Crippen LogP contribution in [0, 0.1) is 0 Å². The number of hydrogen-bond acceptors (Lipinski definition) is 5. The minimum Gasteiger partial charge on any atom is -0.464 e. The van der Waals surface area contributed by atoms with Crippen LogP contribution in [0.3, 0.4) is 0 Å². The predicted octanol–water partition coefficient (Wildman–Crippen LogP) is 0.832. The fourth-order valence-corrected chi connectivity index (χ4v) is 2.00. The van der Waals surface area contributed by atoms with Crippen LogP contribution in [0.2, 0.25) is 0 Å². The van der Waals surface area contributed by atoms with Gasteiger partial charge < -0.3 is 10.5 Å². The number of nitrogens with zero attached hydrogens (tertiary/aromatic N) is 1. The Morgan fingerprint density at radius 2 is 2.50 bits per heavy atom. The van der Waals surface area contributed by atoms with Crippen molar-refractivity contribution in [2.24, 2.45) is 10.7 Å². The molecule has 6 heteroatoms. The van der Waals surface area contributed by atoms with Crippen LogP contribution in [0.5, 0.6) is 0 Å². The Morgan fingerprint density at radius 3 is 2.93 bits per heavy atom. The molecule has 0 aliphatic carbocycles. The Balaban J connectivity index is 0.00000169. The first kappa shape index (κ1) is 13.7. The number of carbonyl (C=O) groups excluding carboxylic acids is 1. The van der Waals surface area contributed by atoms with Gasteiger partial charge in [0.25, 0.3) is 0 Å². The molecule has 4 nitrogen and oxygen atoms in total. The van der Waals surface area contributed by atoms with Gasteiger partial charge in [-0.15, -0.1) is 24.2 Å². The quantitative estimate of drug-likeness (QED) is 0.740. The van der Waals surface area contributed by atoms with E-state index in [4.69, 9.17) is 10.5 Å². The van der Waals surface area contributed by atoms with E-state index in [1.807, 2.05) is 6.92 Å². The SMILES string of the molecule is CCOC(=O)[C@H]1CSC(C(C)N)=N1.Cl. The molecule has 0 amide bonds. The zero-order valence-electron chi connectivity index (χ0n) is 8.23. The van der Waals surface area contributed by atoms with Crippen LogP contribution in [0.4, 0.5) is 0 Å². The van der Waals surface area contributed by atoms with Crippen LogP contribution in [0.15, 0.2) is 4.99 Å². The van der Waals surface area contributed by atoms with Crippen molar-refractivity contribution in [2.75, 3.05) is 12.4 Å². The van der Waals surface area contributed by atoms with E-state index in [-0.39, 0.29) is 30.5 Å². The summed E-state index contributed by atoms with van der Waals surface area (Å²) < 4.78 is 4.85. The lowest BCUT2D eigenvalue weighted by atomic mass is 10.3. The zero-order valence-corrected chi connectivity index (χ0v) is 9.86. The molecule has 82 valence electrons. The first-order valence-corrected chi connectivity index (χ1v) is 5.26. The summed E-state index contributed by atoms with van der Waals surface area (Å²) in [6.45, 7) is 4.05. The Labute approximate surface area is 94.1 Å². The maximum atomic E-state index is 11.2. The molecule has 0 aromatic carbocycles. The van der Waals surface area contributed by atoms with Crippen molar-refractivity contribution >= 4 is 35.2 Å². The summed E-state index contributed by atoms with van der Waals surface area (Å²) in [5.41, 5.74) is 5.63. The molecule has 0 radical (unpaired) electrons. The molecule has 1 aliphatic rings. The molecule has 14 heavy (non-hydrogen) atoms. The fraction of sp³-hybridized carbons (Fsp3) is 0.750. The second-order valence-corrected chi connectivity index (χ2v) is 3.88. The summed E-state index contributed by atoms with van der Waals surface area (Å²) in [5, 5.41) is 0.845. The molecule has 1 unspecified atom stereocenters.